The first-order chi connectivity index (χ1) is 31.0. The average molecular weight is 924 g/mol. The SMILES string of the molecule is COc1c(N2CCN(C(=O)OCOC(=O)CCC(=O)OCC(=O)C3CCC4C5CCC6=CC(=O)C=CC6(C)C5C(O)CC34C)C(C)C2)c(F)cc2c(=O)c(C(=O)OCCl)cn(C3CC3)c12. The van der Waals surface area contributed by atoms with Gasteiger partial charge in [0.25, 0.3) is 0 Å². The van der Waals surface area contributed by atoms with Crippen molar-refractivity contribution in [2.24, 2.45) is 34.5 Å². The number of carbonyl (C=O) groups excluding carboxylic acids is 6. The van der Waals surface area contributed by atoms with Crippen LogP contribution in [0.25, 0.3) is 10.9 Å². The molecule has 8 rings (SSSR count). The van der Waals surface area contributed by atoms with Gasteiger partial charge in [-0.05, 0) is 87.3 Å². The maximum atomic E-state index is 16.0. The Morgan fingerprint density at radius 2 is 1.71 bits per heavy atom. The summed E-state index contributed by atoms with van der Waals surface area (Å²) in [7, 11) is 1.37. The average Bonchev–Trinajstić information content (AvgIpc) is 4.05. The van der Waals surface area contributed by atoms with Crippen LogP contribution in [0.4, 0.5) is 14.9 Å². The van der Waals surface area contributed by atoms with Crippen molar-refractivity contribution < 1.29 is 61.9 Å². The van der Waals surface area contributed by atoms with Crippen molar-refractivity contribution in [2.75, 3.05) is 51.1 Å². The molecule has 2 heterocycles. The third-order valence-electron chi connectivity index (χ3n) is 15.1. The number of nitrogens with zero attached hydrogens (tertiary/aromatic N) is 3. The number of aromatic nitrogens is 1. The number of hydrogen-bond acceptors (Lipinski definition) is 14. The van der Waals surface area contributed by atoms with Crippen molar-refractivity contribution in [3.63, 3.8) is 0 Å². The van der Waals surface area contributed by atoms with E-state index in [4.69, 9.17) is 35.3 Å². The van der Waals surface area contributed by atoms with E-state index in [0.717, 1.165) is 43.7 Å². The van der Waals surface area contributed by atoms with Gasteiger partial charge in [0, 0.05) is 55.2 Å². The molecule has 1 amide bonds. The van der Waals surface area contributed by atoms with Crippen LogP contribution >= 0.6 is 11.6 Å². The number of piperazine rings is 1. The number of alkyl halides is 1. The molecule has 0 bridgehead atoms. The Labute approximate surface area is 379 Å². The number of allylic oxidation sites excluding steroid dienone is 4. The Hall–Kier alpha value is -5.29. The number of pyridine rings is 1. The molecule has 350 valence electrons. The highest BCUT2D eigenvalue weighted by Crippen LogP contribution is 2.66. The Bertz CT molecular complexity index is 2430. The number of anilines is 1. The summed E-state index contributed by atoms with van der Waals surface area (Å²) in [4.78, 5) is 93.0. The van der Waals surface area contributed by atoms with Crippen molar-refractivity contribution >= 4 is 63.8 Å². The molecule has 0 spiro atoms. The normalized spacial score (nSPS) is 29.3. The predicted molar refractivity (Wildman–Crippen MR) is 232 cm³/mol. The first kappa shape index (κ1) is 46.2. The number of amides is 1. The maximum absolute atomic E-state index is 16.0. The van der Waals surface area contributed by atoms with Crippen molar-refractivity contribution in [3.8, 4) is 5.75 Å². The standard InChI is InChI=1S/C47H55ClFN3O13/c1-25-20-50(41-34(49)18-30-40(43(41)61-4)52(27-6-7-27)21-31(42(30)58)44(59)63-23-48)15-16-51(25)45(60)65-24-64-38(57)12-11-37(56)62-22-36(55)33-10-9-32-29-8-5-26-17-28(53)13-14-46(26,2)39(29)35(54)19-47(32,33)3/h13-14,17-18,21,25,27,29,32-33,35,39,54H,5-12,15-16,19-20,22-24H2,1-4H3. The molecule has 18 heteroatoms. The molecule has 1 aromatic heterocycles. The summed E-state index contributed by atoms with van der Waals surface area (Å²) in [6, 6.07) is 0.0726. The van der Waals surface area contributed by atoms with Crippen molar-refractivity contribution in [2.45, 2.75) is 96.7 Å². The molecule has 1 aliphatic heterocycles. The molecule has 4 saturated carbocycles. The lowest BCUT2D eigenvalue weighted by molar-refractivity contribution is -0.158. The summed E-state index contributed by atoms with van der Waals surface area (Å²) < 4.78 is 43.9. The van der Waals surface area contributed by atoms with E-state index in [-0.39, 0.29) is 90.2 Å². The van der Waals surface area contributed by atoms with Crippen LogP contribution in [0.15, 0.2) is 40.9 Å². The number of esters is 3. The van der Waals surface area contributed by atoms with E-state index in [1.165, 1.54) is 18.2 Å². The lowest BCUT2D eigenvalue weighted by Crippen LogP contribution is -2.56. The summed E-state index contributed by atoms with van der Waals surface area (Å²) in [5.41, 5.74) is -0.379. The number of carbonyl (C=O) groups is 6. The van der Waals surface area contributed by atoms with Gasteiger partial charge >= 0.3 is 24.0 Å². The van der Waals surface area contributed by atoms with Crippen LogP contribution in [-0.2, 0) is 38.1 Å². The van der Waals surface area contributed by atoms with Crippen molar-refractivity contribution in [1.82, 2.24) is 9.47 Å². The largest absolute Gasteiger partial charge is 0.492 e. The van der Waals surface area contributed by atoms with Crippen LogP contribution < -0.4 is 15.1 Å². The Balaban J connectivity index is 0.794. The fourth-order valence-corrected chi connectivity index (χ4v) is 12.1. The van der Waals surface area contributed by atoms with E-state index >= 15 is 4.39 Å². The topological polar surface area (TPSA) is 197 Å². The Kier molecular flexibility index (Phi) is 12.9. The molecule has 6 aliphatic rings. The molecule has 8 unspecified atom stereocenters. The molecular weight excluding hydrogens is 869 g/mol. The summed E-state index contributed by atoms with van der Waals surface area (Å²) in [5, 5.41) is 11.5. The number of rotatable bonds is 13. The number of methoxy groups -OCH3 is 1. The predicted octanol–water partition coefficient (Wildman–Crippen LogP) is 5.77. The summed E-state index contributed by atoms with van der Waals surface area (Å²) in [6.45, 7) is 5.14. The second kappa shape index (κ2) is 18.2. The second-order valence-electron chi connectivity index (χ2n) is 18.8. The molecule has 65 heavy (non-hydrogen) atoms. The van der Waals surface area contributed by atoms with Crippen molar-refractivity contribution in [3.05, 3.63) is 57.7 Å². The Morgan fingerprint density at radius 3 is 2.40 bits per heavy atom. The van der Waals surface area contributed by atoms with Crippen LogP contribution in [0.1, 0.15) is 95.0 Å². The van der Waals surface area contributed by atoms with Gasteiger partial charge in [0.05, 0.1) is 37.0 Å². The molecule has 5 fully saturated rings. The van der Waals surface area contributed by atoms with Crippen LogP contribution in [0.3, 0.4) is 0 Å². The van der Waals surface area contributed by atoms with Gasteiger partial charge in [-0.2, -0.15) is 0 Å². The smallest absolute Gasteiger partial charge is 0.413 e. The maximum Gasteiger partial charge on any atom is 0.413 e. The number of aliphatic hydroxyl groups excluding tert-OH is 1. The van der Waals surface area contributed by atoms with Gasteiger partial charge in [-0.3, -0.25) is 24.0 Å². The molecule has 16 nitrogen and oxygen atoms in total. The van der Waals surface area contributed by atoms with E-state index < -0.39 is 83.6 Å². The minimum atomic E-state index is -0.917. The number of ketones is 2. The fourth-order valence-electron chi connectivity index (χ4n) is 12.0. The molecule has 1 N–H and O–H groups in total. The lowest BCUT2D eigenvalue weighted by atomic mass is 9.46. The second-order valence-corrected chi connectivity index (χ2v) is 19.0. The number of benzene rings is 1. The number of fused-ring (bicyclic) bond motifs is 6. The van der Waals surface area contributed by atoms with E-state index in [1.54, 1.807) is 28.5 Å². The van der Waals surface area contributed by atoms with Gasteiger partial charge in [0.2, 0.25) is 12.2 Å². The van der Waals surface area contributed by atoms with Gasteiger partial charge in [-0.25, -0.2) is 14.0 Å². The minimum Gasteiger partial charge on any atom is -0.492 e. The molecular formula is C47H55ClFN3O13. The number of Topliss-reactive ketones (excluding diaryl/α,β-unsaturated/α-hetero) is 1. The zero-order valence-corrected chi connectivity index (χ0v) is 37.7. The molecule has 0 radical (unpaired) electrons. The monoisotopic (exact) mass is 923 g/mol. The van der Waals surface area contributed by atoms with Gasteiger partial charge in [0.1, 0.15) is 17.9 Å². The summed E-state index contributed by atoms with van der Waals surface area (Å²) >= 11 is 5.56. The molecule has 8 atom stereocenters. The number of hydrogen-bond donors (Lipinski definition) is 1. The third-order valence-corrected chi connectivity index (χ3v) is 15.2. The molecule has 2 aromatic rings. The molecule has 1 saturated heterocycles. The number of halogens is 2. The number of aliphatic hydroxyl groups is 1. The zero-order valence-electron chi connectivity index (χ0n) is 37.0. The molecule has 1 aromatic carbocycles. The highest BCUT2D eigenvalue weighted by molar-refractivity contribution is 6.17. The first-order valence-corrected chi connectivity index (χ1v) is 22.9. The first-order valence-electron chi connectivity index (χ1n) is 22.3. The summed E-state index contributed by atoms with van der Waals surface area (Å²) in [6.07, 6.45) is 9.54. The van der Waals surface area contributed by atoms with Crippen molar-refractivity contribution in [1.29, 1.82) is 0 Å². The zero-order chi connectivity index (χ0) is 46.5. The van der Waals surface area contributed by atoms with E-state index in [1.807, 2.05) is 6.08 Å². The fraction of sp³-hybridized carbons (Fsp3) is 0.596. The van der Waals surface area contributed by atoms with Crippen LogP contribution in [-0.4, -0.2) is 108 Å². The van der Waals surface area contributed by atoms with Gasteiger partial charge in [-0.1, -0.05) is 37.1 Å². The quantitative estimate of drug-likeness (QED) is 0.110. The number of ether oxygens (including phenoxy) is 5. The van der Waals surface area contributed by atoms with E-state index in [0.29, 0.717) is 18.4 Å². The molecule has 5 aliphatic carbocycles. The van der Waals surface area contributed by atoms with Gasteiger partial charge in [-0.15, -0.1) is 0 Å². The Morgan fingerprint density at radius 1 is 0.969 bits per heavy atom. The highest BCUT2D eigenvalue weighted by atomic mass is 35.5. The van der Waals surface area contributed by atoms with Crippen LogP contribution in [0.2, 0.25) is 0 Å². The highest BCUT2D eigenvalue weighted by Gasteiger charge is 2.62. The lowest BCUT2D eigenvalue weighted by Gasteiger charge is -2.58. The van der Waals surface area contributed by atoms with Crippen LogP contribution in [0, 0.1) is 40.3 Å². The minimum absolute atomic E-state index is 0.0256. The van der Waals surface area contributed by atoms with E-state index in [2.05, 4.69) is 13.8 Å². The van der Waals surface area contributed by atoms with E-state index in [9.17, 15) is 38.7 Å². The summed E-state index contributed by atoms with van der Waals surface area (Å²) in [5.74, 6) is -3.44. The van der Waals surface area contributed by atoms with Gasteiger partial charge < -0.3 is 43.2 Å². The van der Waals surface area contributed by atoms with Crippen LogP contribution in [0.5, 0.6) is 5.75 Å². The van der Waals surface area contributed by atoms with Gasteiger partial charge in [0.15, 0.2) is 29.2 Å². The third kappa shape index (κ3) is 8.54.